The Morgan fingerprint density at radius 3 is 2.50 bits per heavy atom. The molecule has 1 atom stereocenters. The first kappa shape index (κ1) is 19.1. The van der Waals surface area contributed by atoms with Gasteiger partial charge < -0.3 is 5.32 Å². The van der Waals surface area contributed by atoms with Crippen LogP contribution in [0.25, 0.3) is 0 Å². The maximum Gasteiger partial charge on any atom is 0.252 e. The second-order valence-electron chi connectivity index (χ2n) is 5.75. The Bertz CT molecular complexity index is 940. The van der Waals surface area contributed by atoms with Crippen molar-refractivity contribution in [2.45, 2.75) is 12.5 Å². The third-order valence-corrected chi connectivity index (χ3v) is 3.69. The molecule has 2 amide bonds. The minimum Gasteiger partial charge on any atom is -0.321 e. The van der Waals surface area contributed by atoms with Crippen molar-refractivity contribution < 1.29 is 22.8 Å². The summed E-state index contributed by atoms with van der Waals surface area (Å²) in [7, 11) is 0. The summed E-state index contributed by atoms with van der Waals surface area (Å²) in [6, 6.07) is 7.64. The molecule has 28 heavy (non-hydrogen) atoms. The van der Waals surface area contributed by atoms with E-state index < -0.39 is 41.6 Å². The zero-order chi connectivity index (χ0) is 20.1. The normalized spacial score (nSPS) is 16.0. The van der Waals surface area contributed by atoms with Gasteiger partial charge in [-0.15, -0.1) is 0 Å². The van der Waals surface area contributed by atoms with Gasteiger partial charge in [-0.2, -0.15) is 5.10 Å². The van der Waals surface area contributed by atoms with Gasteiger partial charge in [0.15, 0.2) is 0 Å². The van der Waals surface area contributed by atoms with E-state index in [9.17, 15) is 22.8 Å². The lowest BCUT2D eigenvalue weighted by Crippen LogP contribution is -2.35. The van der Waals surface area contributed by atoms with Crippen LogP contribution in [0.4, 0.5) is 18.9 Å². The molecule has 1 unspecified atom stereocenters. The van der Waals surface area contributed by atoms with Crippen LogP contribution >= 0.6 is 0 Å². The fourth-order valence-corrected chi connectivity index (χ4v) is 2.34. The number of hydrogen-bond acceptors (Lipinski definition) is 5. The van der Waals surface area contributed by atoms with E-state index in [2.05, 4.69) is 26.2 Å². The van der Waals surface area contributed by atoms with Gasteiger partial charge in [0.25, 0.3) is 5.91 Å². The van der Waals surface area contributed by atoms with E-state index in [0.717, 1.165) is 12.1 Å². The van der Waals surface area contributed by atoms with E-state index in [-0.39, 0.29) is 11.8 Å². The van der Waals surface area contributed by atoms with Crippen LogP contribution in [-0.2, 0) is 9.59 Å². The largest absolute Gasteiger partial charge is 0.321 e. The summed E-state index contributed by atoms with van der Waals surface area (Å²) in [4.78, 5) is 27.8. The number of nitrogens with one attached hydrogen (secondary N) is 3. The number of benzene rings is 2. The molecule has 7 nitrogen and oxygen atoms in total. The van der Waals surface area contributed by atoms with Gasteiger partial charge in [-0.3, -0.25) is 14.9 Å². The standard InChI is InChI=1S/C18H14F3N5O2/c19-11-6-4-10(5-7-11)9-22-26-18-23-14(17(28)25-18)8-15(27)24-16-12(20)2-1-3-13(16)21/h1-7,9,14H,8H2,(H,24,27)(H2,23,25,26,28). The van der Waals surface area contributed by atoms with E-state index in [0.29, 0.717) is 5.56 Å². The molecular weight excluding hydrogens is 375 g/mol. The van der Waals surface area contributed by atoms with Gasteiger partial charge in [-0.05, 0) is 29.8 Å². The smallest absolute Gasteiger partial charge is 0.252 e. The molecule has 0 spiro atoms. The molecule has 0 saturated heterocycles. The van der Waals surface area contributed by atoms with Gasteiger partial charge in [0.1, 0.15) is 29.2 Å². The minimum atomic E-state index is -1.07. The van der Waals surface area contributed by atoms with Crippen LogP contribution in [0.2, 0.25) is 0 Å². The van der Waals surface area contributed by atoms with Crippen molar-refractivity contribution in [2.75, 3.05) is 5.32 Å². The Morgan fingerprint density at radius 2 is 1.82 bits per heavy atom. The average Bonchev–Trinajstić information content (AvgIpc) is 2.99. The number of halogens is 3. The van der Waals surface area contributed by atoms with E-state index in [1.54, 1.807) is 0 Å². The van der Waals surface area contributed by atoms with Crippen LogP contribution in [0.3, 0.4) is 0 Å². The Hall–Kier alpha value is -3.69. The van der Waals surface area contributed by atoms with E-state index in [1.165, 1.54) is 36.5 Å². The van der Waals surface area contributed by atoms with Crippen LogP contribution in [0, 0.1) is 17.5 Å². The number of amides is 2. The Balaban J connectivity index is 1.57. The maximum absolute atomic E-state index is 13.6. The SMILES string of the molecule is O=C(CC1N=C(NN=Cc2ccc(F)cc2)NC1=O)Nc1c(F)cccc1F. The fraction of sp³-hybridized carbons (Fsp3) is 0.111. The van der Waals surface area contributed by atoms with Crippen molar-refractivity contribution in [1.29, 1.82) is 0 Å². The van der Waals surface area contributed by atoms with Gasteiger partial charge in [0, 0.05) is 0 Å². The molecule has 2 aromatic rings. The van der Waals surface area contributed by atoms with Crippen LogP contribution in [0.1, 0.15) is 12.0 Å². The Morgan fingerprint density at radius 1 is 1.14 bits per heavy atom. The summed E-state index contributed by atoms with van der Waals surface area (Å²) in [6.07, 6.45) is 0.974. The predicted molar refractivity (Wildman–Crippen MR) is 96.1 cm³/mol. The molecule has 1 aliphatic rings. The lowest BCUT2D eigenvalue weighted by atomic mass is 10.2. The monoisotopic (exact) mass is 389 g/mol. The molecule has 0 radical (unpaired) electrons. The quantitative estimate of drug-likeness (QED) is 0.539. The fourth-order valence-electron chi connectivity index (χ4n) is 2.34. The highest BCUT2D eigenvalue weighted by Gasteiger charge is 2.29. The lowest BCUT2D eigenvalue weighted by Gasteiger charge is -2.08. The van der Waals surface area contributed by atoms with Crippen molar-refractivity contribution in [2.24, 2.45) is 10.1 Å². The number of hydrazone groups is 1. The first-order valence-corrected chi connectivity index (χ1v) is 8.09. The number of rotatable bonds is 5. The number of anilines is 1. The minimum absolute atomic E-state index is 0.0123. The van der Waals surface area contributed by atoms with Gasteiger partial charge in [-0.25, -0.2) is 23.6 Å². The van der Waals surface area contributed by atoms with Crippen molar-refractivity contribution in [3.05, 3.63) is 65.5 Å². The highest BCUT2D eigenvalue weighted by molar-refractivity contribution is 6.07. The number of carbonyl (C=O) groups excluding carboxylic acids is 2. The van der Waals surface area contributed by atoms with E-state index in [1.807, 2.05) is 0 Å². The summed E-state index contributed by atoms with van der Waals surface area (Å²) >= 11 is 0. The van der Waals surface area contributed by atoms with Crippen molar-refractivity contribution in [1.82, 2.24) is 10.7 Å². The average molecular weight is 389 g/mol. The molecule has 0 bridgehead atoms. The number of aliphatic imine (C=N–C) groups is 1. The second-order valence-corrected chi connectivity index (χ2v) is 5.75. The molecule has 2 aromatic carbocycles. The zero-order valence-electron chi connectivity index (χ0n) is 14.2. The topological polar surface area (TPSA) is 94.9 Å². The van der Waals surface area contributed by atoms with Crippen molar-refractivity contribution in [3.63, 3.8) is 0 Å². The Labute approximate surface area is 157 Å². The number of nitrogens with zero attached hydrogens (tertiary/aromatic N) is 2. The van der Waals surface area contributed by atoms with Gasteiger partial charge in [0.05, 0.1) is 12.6 Å². The predicted octanol–water partition coefficient (Wildman–Crippen LogP) is 1.91. The summed E-state index contributed by atoms with van der Waals surface area (Å²) in [5.41, 5.74) is 2.51. The van der Waals surface area contributed by atoms with Crippen molar-refractivity contribution >= 4 is 29.7 Å². The molecule has 144 valence electrons. The third kappa shape index (κ3) is 4.72. The summed E-state index contributed by atoms with van der Waals surface area (Å²) in [5, 5.41) is 8.33. The molecule has 1 heterocycles. The first-order valence-electron chi connectivity index (χ1n) is 8.09. The molecular formula is C18H14F3N5O2. The second kappa shape index (κ2) is 8.33. The molecule has 0 aliphatic carbocycles. The van der Waals surface area contributed by atoms with Crippen molar-refractivity contribution in [3.8, 4) is 0 Å². The van der Waals surface area contributed by atoms with Crippen LogP contribution in [0.15, 0.2) is 52.6 Å². The highest BCUT2D eigenvalue weighted by Crippen LogP contribution is 2.18. The third-order valence-electron chi connectivity index (χ3n) is 3.69. The first-order chi connectivity index (χ1) is 13.4. The van der Waals surface area contributed by atoms with E-state index in [4.69, 9.17) is 0 Å². The number of para-hydroxylation sites is 1. The molecule has 10 heteroatoms. The molecule has 1 aliphatic heterocycles. The van der Waals surface area contributed by atoms with Gasteiger partial charge >= 0.3 is 0 Å². The number of carbonyl (C=O) groups is 2. The molecule has 0 saturated carbocycles. The number of hydrogen-bond donors (Lipinski definition) is 3. The highest BCUT2D eigenvalue weighted by atomic mass is 19.1. The van der Waals surface area contributed by atoms with Crippen LogP contribution < -0.4 is 16.1 Å². The molecule has 0 aromatic heterocycles. The summed E-state index contributed by atoms with van der Waals surface area (Å²) < 4.78 is 39.9. The van der Waals surface area contributed by atoms with Gasteiger partial charge in [0.2, 0.25) is 11.9 Å². The summed E-state index contributed by atoms with van der Waals surface area (Å²) in [6.45, 7) is 0. The maximum atomic E-state index is 13.6. The lowest BCUT2D eigenvalue weighted by molar-refractivity contribution is -0.123. The Kier molecular flexibility index (Phi) is 5.68. The van der Waals surface area contributed by atoms with Crippen LogP contribution in [0.5, 0.6) is 0 Å². The van der Waals surface area contributed by atoms with Gasteiger partial charge in [-0.1, -0.05) is 18.2 Å². The number of guanidine groups is 1. The summed E-state index contributed by atoms with van der Waals surface area (Å²) in [5.74, 6) is -3.56. The zero-order valence-corrected chi connectivity index (χ0v) is 14.2. The van der Waals surface area contributed by atoms with Crippen LogP contribution in [-0.4, -0.2) is 30.0 Å². The molecule has 3 rings (SSSR count). The van der Waals surface area contributed by atoms with E-state index >= 15 is 0 Å². The molecule has 0 fully saturated rings. The molecule has 3 N–H and O–H groups in total.